The molecule has 0 aromatic heterocycles. The lowest BCUT2D eigenvalue weighted by Crippen LogP contribution is -2.19. The highest BCUT2D eigenvalue weighted by Gasteiger charge is 2.03. The molecule has 22 heavy (non-hydrogen) atoms. The summed E-state index contributed by atoms with van der Waals surface area (Å²) >= 11 is 6.21. The van der Waals surface area contributed by atoms with Gasteiger partial charge in [-0.05, 0) is 31.6 Å². The Balaban J connectivity index is 1.95. The van der Waals surface area contributed by atoms with E-state index in [4.69, 9.17) is 11.6 Å². The van der Waals surface area contributed by atoms with Gasteiger partial charge in [-0.3, -0.25) is 0 Å². The lowest BCUT2D eigenvalue weighted by Gasteiger charge is -2.17. The number of hydrogen-bond acceptors (Lipinski definition) is 1. The van der Waals surface area contributed by atoms with Crippen molar-refractivity contribution in [1.82, 2.24) is 4.90 Å². The molecule has 0 spiro atoms. The van der Waals surface area contributed by atoms with Gasteiger partial charge in [0.15, 0.2) is 0 Å². The molecule has 1 aromatic rings. The summed E-state index contributed by atoms with van der Waals surface area (Å²) in [6.45, 7) is 4.40. The van der Waals surface area contributed by atoms with Gasteiger partial charge in [0.2, 0.25) is 0 Å². The maximum absolute atomic E-state index is 6.21. The molecule has 0 aliphatic rings. The van der Waals surface area contributed by atoms with Crippen molar-refractivity contribution >= 4 is 11.6 Å². The van der Waals surface area contributed by atoms with Crippen molar-refractivity contribution in [3.8, 4) is 0 Å². The van der Waals surface area contributed by atoms with Gasteiger partial charge in [0.25, 0.3) is 0 Å². The van der Waals surface area contributed by atoms with Crippen LogP contribution in [0.3, 0.4) is 0 Å². The first kappa shape index (κ1) is 19.5. The van der Waals surface area contributed by atoms with Gasteiger partial charge in [-0.25, -0.2) is 0 Å². The minimum atomic E-state index is 0.887. The molecular formula is C20H34ClN. The highest BCUT2D eigenvalue weighted by molar-refractivity contribution is 6.31. The molecule has 0 heterocycles. The summed E-state index contributed by atoms with van der Waals surface area (Å²) in [6.07, 6.45) is 14.0. The third-order valence-electron chi connectivity index (χ3n) is 4.29. The second kappa shape index (κ2) is 13.0. The Kier molecular flexibility index (Phi) is 11.5. The van der Waals surface area contributed by atoms with Crippen molar-refractivity contribution in [1.29, 1.82) is 0 Å². The normalized spacial score (nSPS) is 11.3. The Morgan fingerprint density at radius 2 is 1.36 bits per heavy atom. The van der Waals surface area contributed by atoms with Crippen LogP contribution in [0.5, 0.6) is 0 Å². The van der Waals surface area contributed by atoms with Crippen molar-refractivity contribution < 1.29 is 0 Å². The van der Waals surface area contributed by atoms with Crippen LogP contribution in [0.25, 0.3) is 0 Å². The Bertz CT molecular complexity index is 378. The Morgan fingerprint density at radius 1 is 0.818 bits per heavy atom. The summed E-state index contributed by atoms with van der Waals surface area (Å²) < 4.78 is 0. The highest BCUT2D eigenvalue weighted by atomic mass is 35.5. The molecule has 0 bridgehead atoms. The summed E-state index contributed by atoms with van der Waals surface area (Å²) in [6, 6.07) is 8.16. The number of hydrogen-bond donors (Lipinski definition) is 0. The first-order valence-electron chi connectivity index (χ1n) is 9.16. The van der Waals surface area contributed by atoms with Gasteiger partial charge in [-0.2, -0.15) is 0 Å². The third-order valence-corrected chi connectivity index (χ3v) is 4.66. The molecule has 126 valence electrons. The fourth-order valence-corrected chi connectivity index (χ4v) is 3.06. The van der Waals surface area contributed by atoms with E-state index in [2.05, 4.69) is 31.0 Å². The fourth-order valence-electron chi connectivity index (χ4n) is 2.87. The molecule has 2 heteroatoms. The van der Waals surface area contributed by atoms with Crippen LogP contribution in [0.2, 0.25) is 5.02 Å². The van der Waals surface area contributed by atoms with E-state index in [0.29, 0.717) is 0 Å². The van der Waals surface area contributed by atoms with Crippen LogP contribution >= 0.6 is 11.6 Å². The molecule has 1 aromatic carbocycles. The quantitative estimate of drug-likeness (QED) is 0.365. The van der Waals surface area contributed by atoms with E-state index in [9.17, 15) is 0 Å². The van der Waals surface area contributed by atoms with E-state index in [1.165, 1.54) is 76.3 Å². The smallest absolute Gasteiger partial charge is 0.0451 e. The maximum atomic E-state index is 6.21. The van der Waals surface area contributed by atoms with Crippen molar-refractivity contribution in [3.05, 3.63) is 34.9 Å². The maximum Gasteiger partial charge on any atom is 0.0451 e. The van der Waals surface area contributed by atoms with E-state index in [-0.39, 0.29) is 0 Å². The van der Waals surface area contributed by atoms with Crippen LogP contribution in [0, 0.1) is 0 Å². The van der Waals surface area contributed by atoms with Crippen molar-refractivity contribution in [3.63, 3.8) is 0 Å². The lowest BCUT2D eigenvalue weighted by atomic mass is 10.1. The third kappa shape index (κ3) is 9.48. The van der Waals surface area contributed by atoms with Gasteiger partial charge in [0.05, 0.1) is 0 Å². The topological polar surface area (TPSA) is 3.24 Å². The average Bonchev–Trinajstić information content (AvgIpc) is 2.51. The monoisotopic (exact) mass is 323 g/mol. The number of benzene rings is 1. The van der Waals surface area contributed by atoms with Gasteiger partial charge in [0.1, 0.15) is 0 Å². The molecule has 0 unspecified atom stereocenters. The number of halogens is 1. The standard InChI is InChI=1S/C20H34ClN/c1-3-4-5-6-7-8-9-10-11-14-17-22(2)18-19-15-12-13-16-20(19)21/h12-13,15-16H,3-11,14,17-18H2,1-2H3. The van der Waals surface area contributed by atoms with E-state index in [0.717, 1.165) is 11.6 Å². The fraction of sp³-hybridized carbons (Fsp3) is 0.700. The van der Waals surface area contributed by atoms with E-state index >= 15 is 0 Å². The SMILES string of the molecule is CCCCCCCCCCCCN(C)Cc1ccccc1Cl. The van der Waals surface area contributed by atoms with Gasteiger partial charge in [-0.1, -0.05) is 94.5 Å². The molecule has 0 aliphatic heterocycles. The minimum absolute atomic E-state index is 0.887. The van der Waals surface area contributed by atoms with Crippen LogP contribution < -0.4 is 0 Å². The first-order valence-corrected chi connectivity index (χ1v) is 9.53. The zero-order chi connectivity index (χ0) is 16.0. The van der Waals surface area contributed by atoms with Gasteiger partial charge in [-0.15, -0.1) is 0 Å². The van der Waals surface area contributed by atoms with Crippen molar-refractivity contribution in [2.45, 2.75) is 77.7 Å². The highest BCUT2D eigenvalue weighted by Crippen LogP contribution is 2.17. The zero-order valence-electron chi connectivity index (χ0n) is 14.6. The van der Waals surface area contributed by atoms with E-state index < -0.39 is 0 Å². The largest absolute Gasteiger partial charge is 0.302 e. The lowest BCUT2D eigenvalue weighted by molar-refractivity contribution is 0.316. The van der Waals surface area contributed by atoms with E-state index in [1.54, 1.807) is 0 Å². The number of rotatable bonds is 13. The van der Waals surface area contributed by atoms with Crippen molar-refractivity contribution in [2.24, 2.45) is 0 Å². The summed E-state index contributed by atoms with van der Waals surface area (Å²) in [5.41, 5.74) is 1.23. The van der Waals surface area contributed by atoms with Crippen LogP contribution in [0.4, 0.5) is 0 Å². The molecular weight excluding hydrogens is 290 g/mol. The molecule has 0 fully saturated rings. The average molecular weight is 324 g/mol. The molecule has 0 atom stereocenters. The van der Waals surface area contributed by atoms with Gasteiger partial charge in [0, 0.05) is 11.6 Å². The molecule has 0 saturated heterocycles. The molecule has 0 saturated carbocycles. The van der Waals surface area contributed by atoms with Crippen LogP contribution in [0.15, 0.2) is 24.3 Å². The Morgan fingerprint density at radius 3 is 1.95 bits per heavy atom. The van der Waals surface area contributed by atoms with Gasteiger partial charge < -0.3 is 4.90 Å². The summed E-state index contributed by atoms with van der Waals surface area (Å²) in [5, 5.41) is 0.887. The molecule has 0 N–H and O–H groups in total. The van der Waals surface area contributed by atoms with Gasteiger partial charge >= 0.3 is 0 Å². The molecule has 1 rings (SSSR count). The zero-order valence-corrected chi connectivity index (χ0v) is 15.4. The number of nitrogens with zero attached hydrogens (tertiary/aromatic N) is 1. The Hall–Kier alpha value is -0.530. The van der Waals surface area contributed by atoms with Crippen molar-refractivity contribution in [2.75, 3.05) is 13.6 Å². The predicted molar refractivity (Wildman–Crippen MR) is 99.6 cm³/mol. The molecule has 0 radical (unpaired) electrons. The van der Waals surface area contributed by atoms with Crippen LogP contribution in [-0.4, -0.2) is 18.5 Å². The summed E-state index contributed by atoms with van der Waals surface area (Å²) in [5.74, 6) is 0. The second-order valence-corrected chi connectivity index (χ2v) is 6.92. The first-order chi connectivity index (χ1) is 10.7. The minimum Gasteiger partial charge on any atom is -0.302 e. The molecule has 0 amide bonds. The van der Waals surface area contributed by atoms with Crippen LogP contribution in [-0.2, 0) is 6.54 Å². The second-order valence-electron chi connectivity index (χ2n) is 6.51. The predicted octanol–water partition coefficient (Wildman–Crippen LogP) is 6.69. The summed E-state index contributed by atoms with van der Waals surface area (Å²) in [4.78, 5) is 2.38. The van der Waals surface area contributed by atoms with Crippen LogP contribution in [0.1, 0.15) is 76.7 Å². The Labute approximate surface area is 143 Å². The number of unbranched alkanes of at least 4 members (excludes halogenated alkanes) is 9. The molecule has 0 aliphatic carbocycles. The summed E-state index contributed by atoms with van der Waals surface area (Å²) in [7, 11) is 2.19. The molecule has 1 nitrogen and oxygen atoms in total. The van der Waals surface area contributed by atoms with E-state index in [1.807, 2.05) is 12.1 Å².